The number of fused-ring (bicyclic) bond motifs is 1. The van der Waals surface area contributed by atoms with E-state index in [9.17, 15) is 9.90 Å². The Morgan fingerprint density at radius 2 is 1.81 bits per heavy atom. The second-order valence-corrected chi connectivity index (χ2v) is 8.76. The van der Waals surface area contributed by atoms with Crippen LogP contribution in [0.2, 0.25) is 0 Å². The van der Waals surface area contributed by atoms with E-state index in [0.29, 0.717) is 35.4 Å². The van der Waals surface area contributed by atoms with E-state index in [1.54, 1.807) is 15.7 Å². The maximum Gasteiger partial charge on any atom is 0.290 e. The molecule has 1 unspecified atom stereocenters. The van der Waals surface area contributed by atoms with Crippen molar-refractivity contribution in [1.82, 2.24) is 29.8 Å². The van der Waals surface area contributed by atoms with Crippen molar-refractivity contribution < 1.29 is 9.84 Å². The van der Waals surface area contributed by atoms with Gasteiger partial charge in [0.15, 0.2) is 5.82 Å². The molecule has 4 rings (SSSR count). The van der Waals surface area contributed by atoms with Gasteiger partial charge in [-0.15, -0.1) is 0 Å². The third-order valence-corrected chi connectivity index (χ3v) is 5.70. The third-order valence-electron chi connectivity index (χ3n) is 5.70. The van der Waals surface area contributed by atoms with Crippen LogP contribution in [-0.4, -0.2) is 75.3 Å². The van der Waals surface area contributed by atoms with Crippen molar-refractivity contribution in [2.75, 3.05) is 40.0 Å². The minimum Gasteiger partial charge on any atom is -0.457 e. The summed E-state index contributed by atoms with van der Waals surface area (Å²) in [5.41, 5.74) is 7.46. The molecule has 0 radical (unpaired) electrons. The molecule has 0 saturated heterocycles. The highest BCUT2D eigenvalue weighted by atomic mass is 16.5. The number of nitrogens with two attached hydrogens (primary N) is 1. The van der Waals surface area contributed by atoms with E-state index in [1.165, 1.54) is 0 Å². The van der Waals surface area contributed by atoms with Crippen LogP contribution in [0.1, 0.15) is 0 Å². The molecule has 4 N–H and O–H groups in total. The highest BCUT2D eigenvalue weighted by Gasteiger charge is 2.20. The van der Waals surface area contributed by atoms with Crippen LogP contribution in [0.3, 0.4) is 0 Å². The van der Waals surface area contributed by atoms with Crippen LogP contribution >= 0.6 is 0 Å². The lowest BCUT2D eigenvalue weighted by atomic mass is 10.1. The number of aromatic nitrogens is 4. The van der Waals surface area contributed by atoms with Crippen molar-refractivity contribution in [3.8, 4) is 22.8 Å². The molecule has 188 valence electrons. The summed E-state index contributed by atoms with van der Waals surface area (Å²) in [4.78, 5) is 16.5. The van der Waals surface area contributed by atoms with Crippen molar-refractivity contribution in [2.24, 2.45) is 0 Å². The topological polar surface area (TPSA) is 126 Å². The van der Waals surface area contributed by atoms with Crippen molar-refractivity contribution in [3.05, 3.63) is 77.1 Å². The molecule has 2 aromatic carbocycles. The number of nitrogen functional groups attached to an aromatic ring is 1. The number of hydrogen-bond acceptors (Lipinski definition) is 8. The van der Waals surface area contributed by atoms with E-state index in [4.69, 9.17) is 15.6 Å². The first kappa shape index (κ1) is 25.1. The lowest BCUT2D eigenvalue weighted by molar-refractivity contribution is 0.0596. The first-order chi connectivity index (χ1) is 17.3. The number of hydrogen-bond donors (Lipinski definition) is 3. The van der Waals surface area contributed by atoms with Crippen molar-refractivity contribution in [1.29, 1.82) is 0 Å². The average Bonchev–Trinajstić information content (AvgIpc) is 3.26. The van der Waals surface area contributed by atoms with Gasteiger partial charge >= 0.3 is 0 Å². The highest BCUT2D eigenvalue weighted by molar-refractivity contribution is 5.99. The van der Waals surface area contributed by atoms with Gasteiger partial charge in [0.25, 0.3) is 5.56 Å². The van der Waals surface area contributed by atoms with E-state index in [2.05, 4.69) is 10.2 Å². The number of rotatable bonds is 10. The second-order valence-electron chi connectivity index (χ2n) is 8.76. The molecule has 0 aliphatic heterocycles. The Bertz CT molecular complexity index is 1380. The van der Waals surface area contributed by atoms with E-state index >= 15 is 0 Å². The summed E-state index contributed by atoms with van der Waals surface area (Å²) in [5.74, 6) is 1.61. The van der Waals surface area contributed by atoms with Crippen LogP contribution in [0.4, 0.5) is 5.82 Å². The molecule has 10 nitrogen and oxygen atoms in total. The van der Waals surface area contributed by atoms with Gasteiger partial charge in [0.05, 0.1) is 11.9 Å². The van der Waals surface area contributed by atoms with Gasteiger partial charge < -0.3 is 20.5 Å². The molecule has 2 aromatic heterocycles. The Morgan fingerprint density at radius 3 is 2.50 bits per heavy atom. The standard InChI is InChI=1S/C26H31N7O3/c1-31(2)15-7-10-21(34)32(3)16-17-33-24-22(25(27)28-29-26(24)35)23(30-33)18-11-13-20(14-12-18)36-19-8-5-4-6-9-19/h4-14,21,34H,15-17H2,1-3H3,(H2,27,28)(H,29,35)/b10-7+. The van der Waals surface area contributed by atoms with Crippen LogP contribution in [-0.2, 0) is 6.54 Å². The molecule has 1 atom stereocenters. The Labute approximate surface area is 209 Å². The second kappa shape index (κ2) is 11.2. The number of para-hydroxylation sites is 1. The molecule has 10 heteroatoms. The minimum absolute atomic E-state index is 0.190. The Kier molecular flexibility index (Phi) is 7.79. The van der Waals surface area contributed by atoms with Crippen LogP contribution in [0, 0.1) is 0 Å². The monoisotopic (exact) mass is 489 g/mol. The van der Waals surface area contributed by atoms with Crippen LogP contribution < -0.4 is 16.0 Å². The van der Waals surface area contributed by atoms with E-state index < -0.39 is 6.23 Å². The fourth-order valence-electron chi connectivity index (χ4n) is 3.75. The van der Waals surface area contributed by atoms with Crippen LogP contribution in [0.5, 0.6) is 11.5 Å². The third kappa shape index (κ3) is 5.80. The van der Waals surface area contributed by atoms with Crippen LogP contribution in [0.15, 0.2) is 71.5 Å². The number of H-pyrrole nitrogens is 1. The summed E-state index contributed by atoms with van der Waals surface area (Å²) in [6, 6.07) is 16.9. The smallest absolute Gasteiger partial charge is 0.290 e. The molecule has 0 aliphatic carbocycles. The summed E-state index contributed by atoms with van der Waals surface area (Å²) >= 11 is 0. The highest BCUT2D eigenvalue weighted by Crippen LogP contribution is 2.31. The fourth-order valence-corrected chi connectivity index (χ4v) is 3.75. The number of benzene rings is 2. The number of nitrogens with one attached hydrogen (secondary N) is 1. The summed E-state index contributed by atoms with van der Waals surface area (Å²) in [6.45, 7) is 1.55. The molecule has 0 saturated carbocycles. The first-order valence-corrected chi connectivity index (χ1v) is 11.6. The zero-order valence-electron chi connectivity index (χ0n) is 20.6. The van der Waals surface area contributed by atoms with E-state index in [0.717, 1.165) is 17.9 Å². The molecule has 2 heterocycles. The fraction of sp³-hybridized carbons (Fsp3) is 0.269. The summed E-state index contributed by atoms with van der Waals surface area (Å²) in [5, 5.41) is 22.0. The summed E-state index contributed by atoms with van der Waals surface area (Å²) in [6.07, 6.45) is 2.89. The van der Waals surface area contributed by atoms with Crippen molar-refractivity contribution in [3.63, 3.8) is 0 Å². The molecular weight excluding hydrogens is 458 g/mol. The molecule has 4 aromatic rings. The zero-order valence-corrected chi connectivity index (χ0v) is 20.6. The van der Waals surface area contributed by atoms with Gasteiger partial charge in [-0.3, -0.25) is 14.4 Å². The SMILES string of the molecule is CN(C)C/C=C/C(O)N(C)CCn1nc(-c2ccc(Oc3ccccc3)cc2)c2c(N)n[nH]c(=O)c21. The number of anilines is 1. The number of aliphatic hydroxyl groups excluding tert-OH is 1. The van der Waals surface area contributed by atoms with E-state index in [-0.39, 0.29) is 11.4 Å². The Balaban J connectivity index is 1.58. The lowest BCUT2D eigenvalue weighted by Crippen LogP contribution is -2.33. The van der Waals surface area contributed by atoms with Gasteiger partial charge in [-0.05, 0) is 63.6 Å². The van der Waals surface area contributed by atoms with Gasteiger partial charge in [-0.2, -0.15) is 10.2 Å². The predicted octanol–water partition coefficient (Wildman–Crippen LogP) is 2.53. The predicted molar refractivity (Wildman–Crippen MR) is 141 cm³/mol. The molecular formula is C26H31N7O3. The van der Waals surface area contributed by atoms with Crippen LogP contribution in [0.25, 0.3) is 22.2 Å². The number of likely N-dealkylation sites (N-methyl/N-ethyl adjacent to an activating group) is 2. The van der Waals surface area contributed by atoms with Gasteiger partial charge in [-0.1, -0.05) is 24.3 Å². The summed E-state index contributed by atoms with van der Waals surface area (Å²) < 4.78 is 7.49. The lowest BCUT2D eigenvalue weighted by Gasteiger charge is -2.21. The number of aromatic amines is 1. The Morgan fingerprint density at radius 1 is 1.11 bits per heavy atom. The van der Waals surface area contributed by atoms with Crippen molar-refractivity contribution in [2.45, 2.75) is 12.8 Å². The minimum atomic E-state index is -0.756. The molecule has 0 aliphatic rings. The molecule has 0 bridgehead atoms. The molecule has 0 spiro atoms. The normalized spacial score (nSPS) is 12.7. The van der Waals surface area contributed by atoms with Gasteiger partial charge in [0, 0.05) is 18.7 Å². The number of nitrogens with zero attached hydrogens (tertiary/aromatic N) is 5. The quantitative estimate of drug-likeness (QED) is 0.229. The van der Waals surface area contributed by atoms with E-state index in [1.807, 2.05) is 86.7 Å². The Hall–Kier alpha value is -3.99. The first-order valence-electron chi connectivity index (χ1n) is 11.6. The average molecular weight is 490 g/mol. The number of ether oxygens (including phenoxy) is 1. The van der Waals surface area contributed by atoms with Gasteiger partial charge in [0.2, 0.25) is 0 Å². The molecule has 0 amide bonds. The molecule has 36 heavy (non-hydrogen) atoms. The van der Waals surface area contributed by atoms with Gasteiger partial charge in [0.1, 0.15) is 28.9 Å². The van der Waals surface area contributed by atoms with Gasteiger partial charge in [-0.25, -0.2) is 5.10 Å². The largest absolute Gasteiger partial charge is 0.457 e. The summed E-state index contributed by atoms with van der Waals surface area (Å²) in [7, 11) is 5.73. The molecule has 0 fully saturated rings. The zero-order chi connectivity index (χ0) is 25.7. The maximum absolute atomic E-state index is 12.7. The number of aliphatic hydroxyl groups is 1. The maximum atomic E-state index is 12.7. The van der Waals surface area contributed by atoms with Crippen molar-refractivity contribution >= 4 is 16.7 Å².